The first-order valence-electron chi connectivity index (χ1n) is 8.23. The monoisotopic (exact) mass is 465 g/mol. The number of hydrogen-bond acceptors (Lipinski definition) is 5. The van der Waals surface area contributed by atoms with Crippen molar-refractivity contribution in [3.63, 3.8) is 0 Å². The molecule has 2 bridgehead atoms. The van der Waals surface area contributed by atoms with Crippen molar-refractivity contribution in [1.82, 2.24) is 0 Å². The summed E-state index contributed by atoms with van der Waals surface area (Å²) in [7, 11) is 4.14. The molecule has 0 spiro atoms. The molecule has 1 saturated carbocycles. The van der Waals surface area contributed by atoms with Gasteiger partial charge in [-0.1, -0.05) is 23.2 Å². The fourth-order valence-corrected chi connectivity index (χ4v) is 6.85. The van der Waals surface area contributed by atoms with Crippen LogP contribution in [-0.2, 0) is 19.1 Å². The summed E-state index contributed by atoms with van der Waals surface area (Å²) in [6.45, 7) is 0. The zero-order chi connectivity index (χ0) is 20.6. The summed E-state index contributed by atoms with van der Waals surface area (Å²) in [6.07, 6.45) is 0. The maximum atomic E-state index is 13.4. The van der Waals surface area contributed by atoms with Crippen LogP contribution in [-0.4, -0.2) is 48.7 Å². The summed E-state index contributed by atoms with van der Waals surface area (Å²) in [5.74, 6) is -4.55. The molecule has 2 fully saturated rings. The van der Waals surface area contributed by atoms with Crippen LogP contribution in [0.2, 0.25) is 0 Å². The third kappa shape index (κ3) is 1.90. The second kappa shape index (κ2) is 6.24. The van der Waals surface area contributed by atoms with Gasteiger partial charge in [-0.25, -0.2) is 4.90 Å². The number of anilines is 1. The van der Waals surface area contributed by atoms with Gasteiger partial charge >= 0.3 is 0 Å². The Bertz CT molecular complexity index is 869. The molecule has 150 valence electrons. The number of halogens is 4. The average molecular weight is 467 g/mol. The van der Waals surface area contributed by atoms with Gasteiger partial charge in [0.15, 0.2) is 0 Å². The predicted octanol–water partition coefficient (Wildman–Crippen LogP) is 3.46. The standard InChI is InChI=1S/C18H15Cl4NO5/c1-26-9-6-4-8(5-7-9)23-14(24)10-11(15(23)25)17(22)13(20)12(19)16(10,21)18(17,27-2)28-3/h4-7,10-11H,1-3H3/t10-,11+,16-,17-/m0/s1. The second-order valence-corrected chi connectivity index (χ2v) is 8.69. The van der Waals surface area contributed by atoms with E-state index in [4.69, 9.17) is 60.6 Å². The van der Waals surface area contributed by atoms with E-state index in [1.165, 1.54) is 21.3 Å². The van der Waals surface area contributed by atoms with Crippen LogP contribution in [0, 0.1) is 11.8 Å². The number of imide groups is 1. The van der Waals surface area contributed by atoms with Crippen molar-refractivity contribution >= 4 is 63.9 Å². The summed E-state index contributed by atoms with van der Waals surface area (Å²) in [4.78, 5) is 24.2. The highest BCUT2D eigenvalue weighted by Gasteiger charge is 2.89. The van der Waals surface area contributed by atoms with Crippen molar-refractivity contribution in [2.24, 2.45) is 11.8 Å². The lowest BCUT2D eigenvalue weighted by Gasteiger charge is -2.42. The molecule has 1 saturated heterocycles. The van der Waals surface area contributed by atoms with E-state index in [-0.39, 0.29) is 10.1 Å². The van der Waals surface area contributed by atoms with Crippen LogP contribution >= 0.6 is 46.4 Å². The lowest BCUT2D eigenvalue weighted by Crippen LogP contribution is -2.60. The van der Waals surface area contributed by atoms with Gasteiger partial charge in [-0.2, -0.15) is 0 Å². The van der Waals surface area contributed by atoms with Crippen LogP contribution in [0.1, 0.15) is 0 Å². The topological polar surface area (TPSA) is 65.1 Å². The van der Waals surface area contributed by atoms with E-state index in [0.29, 0.717) is 11.4 Å². The number of methoxy groups -OCH3 is 3. The van der Waals surface area contributed by atoms with Crippen LogP contribution < -0.4 is 9.64 Å². The Morgan fingerprint density at radius 3 is 1.64 bits per heavy atom. The number of rotatable bonds is 4. The van der Waals surface area contributed by atoms with Gasteiger partial charge in [-0.3, -0.25) is 9.59 Å². The molecule has 1 aromatic carbocycles. The van der Waals surface area contributed by atoms with Crippen LogP contribution in [0.4, 0.5) is 5.69 Å². The fourth-order valence-electron chi connectivity index (χ4n) is 4.69. The first kappa shape index (κ1) is 20.3. The van der Waals surface area contributed by atoms with Gasteiger partial charge in [-0.05, 0) is 24.3 Å². The van der Waals surface area contributed by atoms with Crippen molar-refractivity contribution in [3.8, 4) is 5.75 Å². The molecule has 4 atom stereocenters. The molecule has 28 heavy (non-hydrogen) atoms. The smallest absolute Gasteiger partial charge is 0.240 e. The highest BCUT2D eigenvalue weighted by atomic mass is 35.5. The van der Waals surface area contributed by atoms with Gasteiger partial charge in [0.05, 0.1) is 34.7 Å². The summed E-state index contributed by atoms with van der Waals surface area (Å²) in [5.41, 5.74) is 0.359. The number of ether oxygens (including phenoxy) is 3. The Labute approximate surface area is 181 Å². The summed E-state index contributed by atoms with van der Waals surface area (Å²) in [6, 6.07) is 6.46. The molecule has 0 N–H and O–H groups in total. The normalized spacial score (nSPS) is 35.8. The van der Waals surface area contributed by atoms with Crippen molar-refractivity contribution in [2.75, 3.05) is 26.2 Å². The molecule has 1 aromatic rings. The van der Waals surface area contributed by atoms with Crippen molar-refractivity contribution < 1.29 is 23.8 Å². The molecule has 2 amide bonds. The Kier molecular flexibility index (Phi) is 4.51. The molecule has 1 aliphatic heterocycles. The lowest BCUT2D eigenvalue weighted by atomic mass is 9.84. The van der Waals surface area contributed by atoms with Crippen LogP contribution in [0.3, 0.4) is 0 Å². The molecule has 3 aliphatic rings. The van der Waals surface area contributed by atoms with E-state index in [9.17, 15) is 9.59 Å². The summed E-state index contributed by atoms with van der Waals surface area (Å²) >= 11 is 26.6. The average Bonchev–Trinajstić information content (AvgIpc) is 3.12. The predicted molar refractivity (Wildman–Crippen MR) is 105 cm³/mol. The first-order valence-corrected chi connectivity index (χ1v) is 9.74. The van der Waals surface area contributed by atoms with Gasteiger partial charge in [0.1, 0.15) is 15.5 Å². The number of amides is 2. The van der Waals surface area contributed by atoms with Crippen molar-refractivity contribution in [1.29, 1.82) is 0 Å². The number of carbonyl (C=O) groups excluding carboxylic acids is 2. The molecule has 0 aromatic heterocycles. The molecular weight excluding hydrogens is 452 g/mol. The van der Waals surface area contributed by atoms with Gasteiger partial charge in [0, 0.05) is 14.2 Å². The number of hydrogen-bond donors (Lipinski definition) is 0. The SMILES string of the molecule is COc1ccc(N2C(=O)[C@@H]3[C@H](C2=O)[C@]2(Cl)C(Cl)=C(Cl)[C@]3(Cl)C2(OC)OC)cc1. The Hall–Kier alpha value is -1.02. The number of fused-ring (bicyclic) bond motifs is 5. The zero-order valence-electron chi connectivity index (χ0n) is 15.0. The largest absolute Gasteiger partial charge is 0.497 e. The number of alkyl halides is 2. The lowest BCUT2D eigenvalue weighted by molar-refractivity contribution is -0.221. The number of nitrogens with zero attached hydrogens (tertiary/aromatic N) is 1. The summed E-state index contributed by atoms with van der Waals surface area (Å²) < 4.78 is 16.2. The second-order valence-electron chi connectivity index (χ2n) is 6.74. The number of benzene rings is 1. The molecule has 2 aliphatic carbocycles. The minimum atomic E-state index is -1.79. The van der Waals surface area contributed by atoms with E-state index in [0.717, 1.165) is 4.90 Å². The van der Waals surface area contributed by atoms with E-state index in [2.05, 4.69) is 0 Å². The molecule has 1 heterocycles. The summed E-state index contributed by atoms with van der Waals surface area (Å²) in [5, 5.41) is -0.123. The minimum Gasteiger partial charge on any atom is -0.497 e. The third-order valence-electron chi connectivity index (χ3n) is 5.86. The van der Waals surface area contributed by atoms with Gasteiger partial charge in [0.2, 0.25) is 17.6 Å². The fraction of sp³-hybridized carbons (Fsp3) is 0.444. The minimum absolute atomic E-state index is 0.0616. The van der Waals surface area contributed by atoms with Gasteiger partial charge < -0.3 is 14.2 Å². The Morgan fingerprint density at radius 1 is 0.857 bits per heavy atom. The molecule has 4 rings (SSSR count). The van der Waals surface area contributed by atoms with Gasteiger partial charge in [0.25, 0.3) is 0 Å². The first-order chi connectivity index (χ1) is 13.2. The maximum absolute atomic E-state index is 13.4. The van der Waals surface area contributed by atoms with Crippen LogP contribution in [0.15, 0.2) is 34.3 Å². The van der Waals surface area contributed by atoms with E-state index in [1.54, 1.807) is 24.3 Å². The van der Waals surface area contributed by atoms with E-state index >= 15 is 0 Å². The highest BCUT2D eigenvalue weighted by molar-refractivity contribution is 6.54. The zero-order valence-corrected chi connectivity index (χ0v) is 18.0. The van der Waals surface area contributed by atoms with Gasteiger partial charge in [-0.15, -0.1) is 23.2 Å². The Balaban J connectivity index is 1.88. The molecular formula is C18H15Cl4NO5. The molecule has 0 radical (unpaired) electrons. The highest BCUT2D eigenvalue weighted by Crippen LogP contribution is 2.75. The molecule has 6 nitrogen and oxygen atoms in total. The van der Waals surface area contributed by atoms with E-state index < -0.39 is 39.2 Å². The van der Waals surface area contributed by atoms with Crippen molar-refractivity contribution in [3.05, 3.63) is 34.3 Å². The maximum Gasteiger partial charge on any atom is 0.240 e. The third-order valence-corrected chi connectivity index (χ3v) is 8.47. The molecule has 10 heteroatoms. The van der Waals surface area contributed by atoms with Crippen LogP contribution in [0.5, 0.6) is 5.75 Å². The Morgan fingerprint density at radius 2 is 1.29 bits per heavy atom. The quantitative estimate of drug-likeness (QED) is 0.386. The van der Waals surface area contributed by atoms with E-state index in [1.807, 2.05) is 0 Å². The van der Waals surface area contributed by atoms with Crippen LogP contribution in [0.25, 0.3) is 0 Å². The van der Waals surface area contributed by atoms with Crippen molar-refractivity contribution in [2.45, 2.75) is 15.5 Å². The molecule has 0 unspecified atom stereocenters. The number of carbonyl (C=O) groups is 2.